The van der Waals surface area contributed by atoms with Crippen molar-refractivity contribution in [2.45, 2.75) is 26.2 Å². The van der Waals surface area contributed by atoms with Gasteiger partial charge in [-0.1, -0.05) is 24.8 Å². The van der Waals surface area contributed by atoms with Crippen LogP contribution in [0.3, 0.4) is 0 Å². The molecule has 2 amide bonds. The molecule has 2 rings (SSSR count). The number of benzene rings is 1. The fraction of sp³-hybridized carbons (Fsp3) is 0.433. The molecule has 0 spiro atoms. The molecule has 0 saturated heterocycles. The van der Waals surface area contributed by atoms with Crippen molar-refractivity contribution in [1.82, 2.24) is 25.1 Å². The quantitative estimate of drug-likeness (QED) is 0.0709. The molecule has 226 valence electrons. The summed E-state index contributed by atoms with van der Waals surface area (Å²) in [6, 6.07) is 5.48. The van der Waals surface area contributed by atoms with Gasteiger partial charge in [0.05, 0.1) is 31.0 Å². The van der Waals surface area contributed by atoms with Crippen molar-refractivity contribution in [3.63, 3.8) is 0 Å². The number of rotatable bonds is 15. The Morgan fingerprint density at radius 3 is 2.67 bits per heavy atom. The maximum absolute atomic E-state index is 12.2. The number of aromatic nitrogens is 2. The molecule has 42 heavy (non-hydrogen) atoms. The lowest BCUT2D eigenvalue weighted by atomic mass is 10.1. The third kappa shape index (κ3) is 11.5. The Kier molecular flexibility index (Phi) is 14.3. The summed E-state index contributed by atoms with van der Waals surface area (Å²) in [5, 5.41) is 20.4. The Morgan fingerprint density at radius 2 is 1.98 bits per heavy atom. The Morgan fingerprint density at radius 1 is 1.19 bits per heavy atom. The lowest BCUT2D eigenvalue weighted by Gasteiger charge is -2.14. The van der Waals surface area contributed by atoms with Gasteiger partial charge in [0.15, 0.2) is 0 Å². The van der Waals surface area contributed by atoms with Crippen LogP contribution in [0.2, 0.25) is 0 Å². The molecule has 1 aromatic heterocycles. The minimum absolute atomic E-state index is 0.00171. The maximum Gasteiger partial charge on any atom is 0.246 e. The summed E-state index contributed by atoms with van der Waals surface area (Å²) in [5.74, 6) is 6.96. The number of hydrogen-bond acceptors (Lipinski definition) is 10. The fourth-order valence-electron chi connectivity index (χ4n) is 3.58. The van der Waals surface area contributed by atoms with Crippen molar-refractivity contribution in [3.8, 4) is 11.8 Å². The molecular weight excluding hydrogens is 534 g/mol. The van der Waals surface area contributed by atoms with E-state index < -0.39 is 0 Å². The molecule has 0 saturated carbocycles. The lowest BCUT2D eigenvalue weighted by Crippen LogP contribution is -2.38. The van der Waals surface area contributed by atoms with Gasteiger partial charge in [-0.3, -0.25) is 15.0 Å². The van der Waals surface area contributed by atoms with Crippen LogP contribution >= 0.6 is 0 Å². The molecule has 12 heteroatoms. The first-order valence-corrected chi connectivity index (χ1v) is 13.8. The van der Waals surface area contributed by atoms with Crippen LogP contribution in [-0.2, 0) is 14.3 Å². The fourth-order valence-corrected chi connectivity index (χ4v) is 3.58. The van der Waals surface area contributed by atoms with Crippen LogP contribution in [0.15, 0.2) is 36.5 Å². The van der Waals surface area contributed by atoms with Gasteiger partial charge in [-0.15, -0.1) is 0 Å². The Bertz CT molecular complexity index is 1300. The Hall–Kier alpha value is -4.63. The highest BCUT2D eigenvalue weighted by atomic mass is 16.5. The van der Waals surface area contributed by atoms with Gasteiger partial charge in [-0.05, 0) is 45.1 Å². The minimum atomic E-state index is -0.212. The van der Waals surface area contributed by atoms with Crippen molar-refractivity contribution >= 4 is 40.9 Å². The molecule has 0 fully saturated rings. The minimum Gasteiger partial charge on any atom is -0.481 e. The molecule has 1 heterocycles. The molecule has 0 radical (unpaired) electrons. The second kappa shape index (κ2) is 17.9. The predicted octanol–water partition coefficient (Wildman–Crippen LogP) is 2.88. The zero-order valence-corrected chi connectivity index (χ0v) is 25.4. The molecule has 12 nitrogen and oxygen atoms in total. The van der Waals surface area contributed by atoms with Crippen LogP contribution in [0.1, 0.15) is 37.3 Å². The molecule has 5 N–H and O–H groups in total. The van der Waals surface area contributed by atoms with Crippen molar-refractivity contribution in [2.75, 3.05) is 77.4 Å². The number of carbonyl (C=O) groups is 2. The molecule has 2 aromatic rings. The molecule has 0 aliphatic rings. The van der Waals surface area contributed by atoms with E-state index in [1.165, 1.54) is 18.1 Å². The van der Waals surface area contributed by atoms with Crippen LogP contribution in [0.25, 0.3) is 0 Å². The van der Waals surface area contributed by atoms with Gasteiger partial charge in [0.2, 0.25) is 23.7 Å². The molecule has 0 unspecified atom stereocenters. The number of anilines is 4. The van der Waals surface area contributed by atoms with Crippen LogP contribution in [0.4, 0.5) is 23.1 Å². The monoisotopic (exact) mass is 577 g/mol. The summed E-state index contributed by atoms with van der Waals surface area (Å²) in [6.07, 6.45) is 7.09. The van der Waals surface area contributed by atoms with Gasteiger partial charge in [-0.2, -0.15) is 4.98 Å². The maximum atomic E-state index is 12.2. The van der Waals surface area contributed by atoms with E-state index in [1.807, 2.05) is 31.1 Å². The smallest absolute Gasteiger partial charge is 0.246 e. The first-order chi connectivity index (χ1) is 20.2. The van der Waals surface area contributed by atoms with E-state index in [0.29, 0.717) is 48.8 Å². The highest BCUT2D eigenvalue weighted by molar-refractivity contribution is 5.98. The normalized spacial score (nSPS) is 10.5. The molecule has 0 aliphatic carbocycles. The number of carbonyl (C=O) groups excluding carboxylic acids is 2. The van der Waals surface area contributed by atoms with E-state index in [-0.39, 0.29) is 24.3 Å². The summed E-state index contributed by atoms with van der Waals surface area (Å²) in [4.78, 5) is 36.6. The zero-order chi connectivity index (χ0) is 30.9. The van der Waals surface area contributed by atoms with Crippen LogP contribution in [0, 0.1) is 17.3 Å². The van der Waals surface area contributed by atoms with E-state index in [1.54, 1.807) is 32.4 Å². The largest absolute Gasteiger partial charge is 0.481 e. The second-order valence-electron chi connectivity index (χ2n) is 9.67. The molecule has 1 aromatic carbocycles. The Labute approximate surface area is 248 Å². The van der Waals surface area contributed by atoms with Crippen molar-refractivity contribution < 1.29 is 14.3 Å². The number of likely N-dealkylation sites (N-methyl/N-ethyl adjacent to an activating group) is 2. The SMILES string of the molecule is CCCNc1nc(Nc2ccc(C(=N)OC)c(NC)c2)ncc1C#CCCCNC(=O)CN(C)C(=O)/C=C/CN(C)C. The van der Waals surface area contributed by atoms with Crippen molar-refractivity contribution in [1.29, 1.82) is 5.41 Å². The zero-order valence-electron chi connectivity index (χ0n) is 25.4. The third-order valence-electron chi connectivity index (χ3n) is 5.84. The molecule has 0 bridgehead atoms. The van der Waals surface area contributed by atoms with Crippen molar-refractivity contribution in [3.05, 3.63) is 47.7 Å². The lowest BCUT2D eigenvalue weighted by molar-refractivity contribution is -0.131. The second-order valence-corrected chi connectivity index (χ2v) is 9.67. The standard InChI is InChI=1S/C30H43N9O3/c1-7-16-34-29-22(12-9-8-10-17-33-26(40)21-39(5)27(41)13-11-18-38(3)4)20-35-30(37-29)36-23-14-15-24(28(31)42-6)25(19-23)32-2/h11,13-15,19-20,31-32H,7-8,10,16-18,21H2,1-6H3,(H,33,40)(H2,34,35,36,37)/b13-11+,31-28?. The summed E-state index contributed by atoms with van der Waals surface area (Å²) < 4.78 is 5.05. The van der Waals surface area contributed by atoms with Crippen LogP contribution in [0.5, 0.6) is 0 Å². The predicted molar refractivity (Wildman–Crippen MR) is 168 cm³/mol. The van der Waals surface area contributed by atoms with E-state index in [0.717, 1.165) is 24.3 Å². The van der Waals surface area contributed by atoms with E-state index in [9.17, 15) is 9.59 Å². The van der Waals surface area contributed by atoms with Crippen LogP contribution < -0.4 is 21.3 Å². The average Bonchev–Trinajstić information content (AvgIpc) is 2.97. The van der Waals surface area contributed by atoms with Gasteiger partial charge in [0.25, 0.3) is 0 Å². The van der Waals surface area contributed by atoms with E-state index in [2.05, 4.69) is 50.0 Å². The Balaban J connectivity index is 1.93. The number of hydrogen-bond donors (Lipinski definition) is 5. The number of methoxy groups -OCH3 is 1. The van der Waals surface area contributed by atoms with Crippen molar-refractivity contribution in [2.24, 2.45) is 0 Å². The highest BCUT2D eigenvalue weighted by Crippen LogP contribution is 2.24. The number of unbranched alkanes of at least 4 members (excludes halogenated alkanes) is 1. The molecular formula is C30H43N9O3. The summed E-state index contributed by atoms with van der Waals surface area (Å²) in [7, 11) is 8.69. The number of amides is 2. The summed E-state index contributed by atoms with van der Waals surface area (Å²) in [6.45, 7) is 3.92. The number of ether oxygens (including phenoxy) is 1. The number of nitrogens with one attached hydrogen (secondary N) is 5. The summed E-state index contributed by atoms with van der Waals surface area (Å²) >= 11 is 0. The van der Waals surface area contributed by atoms with Gasteiger partial charge in [-0.25, -0.2) is 4.98 Å². The van der Waals surface area contributed by atoms with E-state index >= 15 is 0 Å². The van der Waals surface area contributed by atoms with Gasteiger partial charge < -0.3 is 35.8 Å². The van der Waals surface area contributed by atoms with Gasteiger partial charge >= 0.3 is 0 Å². The highest BCUT2D eigenvalue weighted by Gasteiger charge is 2.11. The van der Waals surface area contributed by atoms with Gasteiger partial charge in [0.1, 0.15) is 5.82 Å². The first kappa shape index (κ1) is 33.6. The molecule has 0 aliphatic heterocycles. The first-order valence-electron chi connectivity index (χ1n) is 13.8. The molecule has 0 atom stereocenters. The van der Waals surface area contributed by atoms with Crippen LogP contribution in [-0.4, -0.2) is 99.0 Å². The average molecular weight is 578 g/mol. The number of nitrogens with zero attached hydrogens (tertiary/aromatic N) is 4. The van der Waals surface area contributed by atoms with Gasteiger partial charge in [0, 0.05) is 57.6 Å². The third-order valence-corrected chi connectivity index (χ3v) is 5.84. The topological polar surface area (TPSA) is 148 Å². The summed E-state index contributed by atoms with van der Waals surface area (Å²) in [5.41, 5.74) is 2.82. The van der Waals surface area contributed by atoms with E-state index in [4.69, 9.17) is 10.1 Å².